The Kier molecular flexibility index (Phi) is 3.69. The summed E-state index contributed by atoms with van der Waals surface area (Å²) in [5.41, 5.74) is 5.95. The van der Waals surface area contributed by atoms with Crippen LogP contribution in [-0.2, 0) is 6.42 Å². The van der Waals surface area contributed by atoms with Crippen LogP contribution in [0.15, 0.2) is 18.3 Å². The standard InChI is InChI=1S/C12H20N2O/c1-4-9(2)12(3,15)8-10-6-5-7-14-11(10)13/h5-7,9,15H,4,8H2,1-3H3,(H2,13,14). The van der Waals surface area contributed by atoms with Crippen molar-refractivity contribution in [2.24, 2.45) is 5.92 Å². The smallest absolute Gasteiger partial charge is 0.126 e. The summed E-state index contributed by atoms with van der Waals surface area (Å²) < 4.78 is 0. The van der Waals surface area contributed by atoms with Crippen LogP contribution < -0.4 is 5.73 Å². The lowest BCUT2D eigenvalue weighted by Gasteiger charge is -2.30. The molecule has 0 bridgehead atoms. The number of pyridine rings is 1. The molecule has 15 heavy (non-hydrogen) atoms. The lowest BCUT2D eigenvalue weighted by Crippen LogP contribution is -2.35. The van der Waals surface area contributed by atoms with E-state index in [9.17, 15) is 5.11 Å². The van der Waals surface area contributed by atoms with Gasteiger partial charge in [-0.25, -0.2) is 4.98 Å². The summed E-state index contributed by atoms with van der Waals surface area (Å²) in [5.74, 6) is 0.762. The van der Waals surface area contributed by atoms with E-state index in [1.807, 2.05) is 26.0 Å². The van der Waals surface area contributed by atoms with E-state index in [1.165, 1.54) is 0 Å². The van der Waals surface area contributed by atoms with Crippen molar-refractivity contribution in [3.63, 3.8) is 0 Å². The molecule has 0 spiro atoms. The second-order valence-corrected chi connectivity index (χ2v) is 4.39. The van der Waals surface area contributed by atoms with Crippen molar-refractivity contribution in [3.8, 4) is 0 Å². The normalized spacial score (nSPS) is 17.1. The molecular weight excluding hydrogens is 188 g/mol. The second-order valence-electron chi connectivity index (χ2n) is 4.39. The molecule has 1 aromatic heterocycles. The summed E-state index contributed by atoms with van der Waals surface area (Å²) in [4.78, 5) is 4.02. The maximum atomic E-state index is 10.3. The van der Waals surface area contributed by atoms with Gasteiger partial charge in [0.05, 0.1) is 5.60 Å². The van der Waals surface area contributed by atoms with Gasteiger partial charge in [-0.05, 0) is 24.5 Å². The van der Waals surface area contributed by atoms with Gasteiger partial charge in [-0.3, -0.25) is 0 Å². The molecule has 0 saturated carbocycles. The summed E-state index contributed by atoms with van der Waals surface area (Å²) in [7, 11) is 0. The van der Waals surface area contributed by atoms with Gasteiger partial charge in [-0.2, -0.15) is 0 Å². The number of anilines is 1. The first-order valence-corrected chi connectivity index (χ1v) is 5.39. The Labute approximate surface area is 91.3 Å². The van der Waals surface area contributed by atoms with Crippen molar-refractivity contribution < 1.29 is 5.11 Å². The van der Waals surface area contributed by atoms with E-state index in [0.717, 1.165) is 12.0 Å². The minimum atomic E-state index is -0.716. The molecule has 1 heterocycles. The van der Waals surface area contributed by atoms with E-state index in [1.54, 1.807) is 6.20 Å². The highest BCUT2D eigenvalue weighted by molar-refractivity contribution is 5.39. The van der Waals surface area contributed by atoms with Gasteiger partial charge in [-0.15, -0.1) is 0 Å². The van der Waals surface area contributed by atoms with Crippen molar-refractivity contribution in [2.45, 2.75) is 39.2 Å². The van der Waals surface area contributed by atoms with Gasteiger partial charge in [0, 0.05) is 12.6 Å². The number of nitrogen functional groups attached to an aromatic ring is 1. The molecule has 0 saturated heterocycles. The lowest BCUT2D eigenvalue weighted by atomic mass is 9.83. The van der Waals surface area contributed by atoms with E-state index in [2.05, 4.69) is 11.9 Å². The summed E-state index contributed by atoms with van der Waals surface area (Å²) in [5, 5.41) is 10.3. The Morgan fingerprint density at radius 1 is 1.60 bits per heavy atom. The fourth-order valence-corrected chi connectivity index (χ4v) is 1.60. The molecule has 3 nitrogen and oxygen atoms in total. The van der Waals surface area contributed by atoms with Crippen molar-refractivity contribution in [2.75, 3.05) is 5.73 Å². The van der Waals surface area contributed by atoms with Gasteiger partial charge in [-0.1, -0.05) is 26.3 Å². The first-order valence-electron chi connectivity index (χ1n) is 5.39. The van der Waals surface area contributed by atoms with Crippen molar-refractivity contribution in [3.05, 3.63) is 23.9 Å². The molecule has 3 heteroatoms. The molecule has 2 unspecified atom stereocenters. The van der Waals surface area contributed by atoms with E-state index in [4.69, 9.17) is 5.73 Å². The Morgan fingerprint density at radius 3 is 2.80 bits per heavy atom. The number of hydrogen-bond donors (Lipinski definition) is 2. The number of nitrogens with two attached hydrogens (primary N) is 1. The van der Waals surface area contributed by atoms with Crippen LogP contribution in [0, 0.1) is 5.92 Å². The number of rotatable bonds is 4. The molecule has 0 amide bonds. The maximum Gasteiger partial charge on any atom is 0.126 e. The predicted molar refractivity (Wildman–Crippen MR) is 62.4 cm³/mol. The largest absolute Gasteiger partial charge is 0.390 e. The zero-order valence-electron chi connectivity index (χ0n) is 9.70. The van der Waals surface area contributed by atoms with Crippen LogP contribution >= 0.6 is 0 Å². The average molecular weight is 208 g/mol. The van der Waals surface area contributed by atoms with Gasteiger partial charge in [0.25, 0.3) is 0 Å². The predicted octanol–water partition coefficient (Wildman–Crippen LogP) is 2.00. The fourth-order valence-electron chi connectivity index (χ4n) is 1.60. The summed E-state index contributed by atoms with van der Waals surface area (Å²) >= 11 is 0. The fraction of sp³-hybridized carbons (Fsp3) is 0.583. The summed E-state index contributed by atoms with van der Waals surface area (Å²) in [6.45, 7) is 5.98. The average Bonchev–Trinajstić information content (AvgIpc) is 2.20. The first-order chi connectivity index (χ1) is 6.97. The number of aliphatic hydroxyl groups is 1. The molecular formula is C12H20N2O. The minimum Gasteiger partial charge on any atom is -0.390 e. The van der Waals surface area contributed by atoms with Gasteiger partial charge in [0.15, 0.2) is 0 Å². The number of nitrogens with zero attached hydrogens (tertiary/aromatic N) is 1. The van der Waals surface area contributed by atoms with Gasteiger partial charge >= 0.3 is 0 Å². The van der Waals surface area contributed by atoms with Crippen LogP contribution in [0.5, 0.6) is 0 Å². The quantitative estimate of drug-likeness (QED) is 0.795. The summed E-state index contributed by atoms with van der Waals surface area (Å²) in [6.07, 6.45) is 3.17. The Balaban J connectivity index is 2.81. The highest BCUT2D eigenvalue weighted by atomic mass is 16.3. The van der Waals surface area contributed by atoms with E-state index in [-0.39, 0.29) is 5.92 Å². The van der Waals surface area contributed by atoms with Crippen LogP contribution in [0.2, 0.25) is 0 Å². The highest BCUT2D eigenvalue weighted by Crippen LogP contribution is 2.25. The van der Waals surface area contributed by atoms with Crippen LogP contribution in [0.4, 0.5) is 5.82 Å². The van der Waals surface area contributed by atoms with Gasteiger partial charge in [0.2, 0.25) is 0 Å². The Bertz CT molecular complexity index is 323. The Hall–Kier alpha value is -1.09. The molecule has 0 aromatic carbocycles. The van der Waals surface area contributed by atoms with E-state index in [0.29, 0.717) is 12.2 Å². The third kappa shape index (κ3) is 2.93. The molecule has 0 aliphatic heterocycles. The minimum absolute atomic E-state index is 0.247. The molecule has 3 N–H and O–H groups in total. The molecule has 84 valence electrons. The topological polar surface area (TPSA) is 59.1 Å². The molecule has 0 radical (unpaired) electrons. The van der Waals surface area contributed by atoms with Crippen molar-refractivity contribution in [1.82, 2.24) is 4.98 Å². The van der Waals surface area contributed by atoms with E-state index < -0.39 is 5.60 Å². The lowest BCUT2D eigenvalue weighted by molar-refractivity contribution is 0.00525. The number of aromatic nitrogens is 1. The highest BCUT2D eigenvalue weighted by Gasteiger charge is 2.27. The molecule has 1 rings (SSSR count). The molecule has 0 aliphatic rings. The van der Waals surface area contributed by atoms with Crippen LogP contribution in [0.25, 0.3) is 0 Å². The maximum absolute atomic E-state index is 10.3. The summed E-state index contributed by atoms with van der Waals surface area (Å²) in [6, 6.07) is 3.76. The Morgan fingerprint density at radius 2 is 2.27 bits per heavy atom. The third-order valence-electron chi connectivity index (χ3n) is 3.15. The van der Waals surface area contributed by atoms with Crippen LogP contribution in [-0.4, -0.2) is 15.7 Å². The van der Waals surface area contributed by atoms with Gasteiger partial charge < -0.3 is 10.8 Å². The molecule has 2 atom stereocenters. The van der Waals surface area contributed by atoms with Gasteiger partial charge in [0.1, 0.15) is 5.82 Å². The first kappa shape index (κ1) is 12.0. The zero-order valence-corrected chi connectivity index (χ0v) is 9.70. The molecule has 1 aromatic rings. The zero-order chi connectivity index (χ0) is 11.5. The van der Waals surface area contributed by atoms with E-state index >= 15 is 0 Å². The van der Waals surface area contributed by atoms with Crippen molar-refractivity contribution in [1.29, 1.82) is 0 Å². The van der Waals surface area contributed by atoms with Crippen LogP contribution in [0.3, 0.4) is 0 Å². The monoisotopic (exact) mass is 208 g/mol. The van der Waals surface area contributed by atoms with Crippen LogP contribution in [0.1, 0.15) is 32.8 Å². The molecule has 0 fully saturated rings. The number of hydrogen-bond acceptors (Lipinski definition) is 3. The molecule has 0 aliphatic carbocycles. The SMILES string of the molecule is CCC(C)C(C)(O)Cc1cccnc1N. The second kappa shape index (κ2) is 4.62. The third-order valence-corrected chi connectivity index (χ3v) is 3.15. The van der Waals surface area contributed by atoms with Crippen molar-refractivity contribution >= 4 is 5.82 Å².